The summed E-state index contributed by atoms with van der Waals surface area (Å²) in [6.45, 7) is 2.21. The Labute approximate surface area is 226 Å². The van der Waals surface area contributed by atoms with Gasteiger partial charge in [-0.3, -0.25) is 14.5 Å². The van der Waals surface area contributed by atoms with Crippen LogP contribution in [-0.2, 0) is 20.7 Å². The molecule has 0 saturated carbocycles. The molecule has 5 rings (SSSR count). The van der Waals surface area contributed by atoms with E-state index in [9.17, 15) is 9.59 Å². The maximum absolute atomic E-state index is 14.2. The summed E-state index contributed by atoms with van der Waals surface area (Å²) in [5.41, 5.74) is 3.14. The molecule has 1 aliphatic rings. The van der Waals surface area contributed by atoms with E-state index in [0.29, 0.717) is 47.2 Å². The van der Waals surface area contributed by atoms with Crippen LogP contribution < -0.4 is 19.1 Å². The number of para-hydroxylation sites is 2. The second kappa shape index (κ2) is 11.1. The summed E-state index contributed by atoms with van der Waals surface area (Å²) in [5, 5.41) is 0. The standard InChI is InChI=1S/C30H31N3O6/c1-5-39-29(35)24-25(20-15-16-23(36-2)27(38-4)26(20)37-3)33-22-14-10-9-13-21(22)31-30(33)32(28(24)34)18-17-19-11-7-6-8-12-19/h6-16,24-25H,5,17-18H2,1-4H3/t24-,25+/m0/s1. The highest BCUT2D eigenvalue weighted by Crippen LogP contribution is 2.48. The number of hydrogen-bond donors (Lipinski definition) is 0. The molecule has 0 fully saturated rings. The molecule has 2 heterocycles. The molecule has 0 aliphatic carbocycles. The molecule has 2 atom stereocenters. The Balaban J connectivity index is 1.75. The smallest absolute Gasteiger partial charge is 0.321 e. The second-order valence-corrected chi connectivity index (χ2v) is 9.09. The summed E-state index contributed by atoms with van der Waals surface area (Å²) < 4.78 is 24.3. The van der Waals surface area contributed by atoms with Crippen molar-refractivity contribution in [1.29, 1.82) is 0 Å². The van der Waals surface area contributed by atoms with Gasteiger partial charge in [0.25, 0.3) is 0 Å². The van der Waals surface area contributed by atoms with E-state index in [4.69, 9.17) is 23.9 Å². The lowest BCUT2D eigenvalue weighted by Gasteiger charge is -2.38. The van der Waals surface area contributed by atoms with Crippen molar-refractivity contribution < 1.29 is 28.5 Å². The molecule has 202 valence electrons. The monoisotopic (exact) mass is 529 g/mol. The highest BCUT2D eigenvalue weighted by Gasteiger charge is 2.49. The van der Waals surface area contributed by atoms with Gasteiger partial charge >= 0.3 is 5.97 Å². The molecule has 39 heavy (non-hydrogen) atoms. The summed E-state index contributed by atoms with van der Waals surface area (Å²) in [6.07, 6.45) is 0.593. The molecule has 1 aliphatic heterocycles. The molecule has 1 aromatic heterocycles. The van der Waals surface area contributed by atoms with Crippen LogP contribution in [0.4, 0.5) is 5.95 Å². The fourth-order valence-electron chi connectivity index (χ4n) is 5.28. The summed E-state index contributed by atoms with van der Waals surface area (Å²) in [6, 6.07) is 20.3. The third-order valence-electron chi connectivity index (χ3n) is 7.01. The second-order valence-electron chi connectivity index (χ2n) is 9.09. The first-order valence-corrected chi connectivity index (χ1v) is 12.8. The molecule has 9 nitrogen and oxygen atoms in total. The number of anilines is 1. The molecule has 1 amide bonds. The highest BCUT2D eigenvalue weighted by atomic mass is 16.5. The Hall–Kier alpha value is -4.53. The normalized spacial score (nSPS) is 16.6. The number of nitrogens with zero attached hydrogens (tertiary/aromatic N) is 3. The Morgan fingerprint density at radius 3 is 2.31 bits per heavy atom. The van der Waals surface area contributed by atoms with E-state index in [1.54, 1.807) is 24.0 Å². The topological polar surface area (TPSA) is 92.1 Å². The van der Waals surface area contributed by atoms with E-state index < -0.39 is 17.9 Å². The zero-order chi connectivity index (χ0) is 27.5. The van der Waals surface area contributed by atoms with Crippen molar-refractivity contribution in [2.45, 2.75) is 19.4 Å². The van der Waals surface area contributed by atoms with Crippen molar-refractivity contribution in [2.24, 2.45) is 5.92 Å². The maximum atomic E-state index is 14.2. The number of hydrogen-bond acceptors (Lipinski definition) is 7. The minimum atomic E-state index is -1.18. The van der Waals surface area contributed by atoms with Crippen molar-refractivity contribution >= 4 is 28.9 Å². The zero-order valence-electron chi connectivity index (χ0n) is 22.4. The molecule has 9 heteroatoms. The number of aromatic nitrogens is 2. The lowest BCUT2D eigenvalue weighted by atomic mass is 9.88. The number of carbonyl (C=O) groups excluding carboxylic acids is 2. The van der Waals surface area contributed by atoms with Crippen LogP contribution in [0.25, 0.3) is 11.0 Å². The number of esters is 1. The van der Waals surface area contributed by atoms with E-state index in [-0.39, 0.29) is 12.5 Å². The number of imidazole rings is 1. The van der Waals surface area contributed by atoms with Crippen LogP contribution in [0.1, 0.15) is 24.1 Å². The Bertz CT molecular complexity index is 1500. The first-order chi connectivity index (χ1) is 19.0. The zero-order valence-corrected chi connectivity index (χ0v) is 22.4. The molecule has 0 spiro atoms. The van der Waals surface area contributed by atoms with Gasteiger partial charge in [0.15, 0.2) is 17.4 Å². The van der Waals surface area contributed by atoms with E-state index in [2.05, 4.69) is 0 Å². The fourth-order valence-corrected chi connectivity index (χ4v) is 5.28. The predicted octanol–water partition coefficient (Wildman–Crippen LogP) is 4.42. The third-order valence-corrected chi connectivity index (χ3v) is 7.01. The predicted molar refractivity (Wildman–Crippen MR) is 147 cm³/mol. The molecule has 0 bridgehead atoms. The number of fused-ring (bicyclic) bond motifs is 3. The first kappa shape index (κ1) is 26.1. The van der Waals surface area contributed by atoms with Crippen molar-refractivity contribution in [1.82, 2.24) is 9.55 Å². The van der Waals surface area contributed by atoms with Crippen LogP contribution in [0.15, 0.2) is 66.7 Å². The molecule has 0 unspecified atom stereocenters. The molecule has 4 aromatic rings. The number of carbonyl (C=O) groups is 2. The highest BCUT2D eigenvalue weighted by molar-refractivity contribution is 6.08. The number of methoxy groups -OCH3 is 3. The van der Waals surface area contributed by atoms with Crippen LogP contribution >= 0.6 is 0 Å². The van der Waals surface area contributed by atoms with Gasteiger partial charge in [-0.2, -0.15) is 0 Å². The molecule has 0 radical (unpaired) electrons. The average Bonchev–Trinajstić information content (AvgIpc) is 3.35. The van der Waals surface area contributed by atoms with Gasteiger partial charge in [-0.15, -0.1) is 0 Å². The Kier molecular flexibility index (Phi) is 7.40. The lowest BCUT2D eigenvalue weighted by molar-refractivity contribution is -0.153. The Morgan fingerprint density at radius 1 is 0.897 bits per heavy atom. The van der Waals surface area contributed by atoms with Gasteiger partial charge in [-0.1, -0.05) is 42.5 Å². The molecule has 0 N–H and O–H groups in total. The summed E-state index contributed by atoms with van der Waals surface area (Å²) in [7, 11) is 4.57. The number of amides is 1. The minimum absolute atomic E-state index is 0.139. The van der Waals surface area contributed by atoms with Crippen LogP contribution in [0, 0.1) is 5.92 Å². The van der Waals surface area contributed by atoms with E-state index in [1.165, 1.54) is 21.3 Å². The summed E-state index contributed by atoms with van der Waals surface area (Å²) in [4.78, 5) is 34.3. The molecular weight excluding hydrogens is 498 g/mol. The van der Waals surface area contributed by atoms with Gasteiger partial charge in [-0.25, -0.2) is 4.98 Å². The largest absolute Gasteiger partial charge is 0.493 e. The fraction of sp³-hybridized carbons (Fsp3) is 0.300. The maximum Gasteiger partial charge on any atom is 0.321 e. The van der Waals surface area contributed by atoms with Gasteiger partial charge in [0, 0.05) is 12.1 Å². The van der Waals surface area contributed by atoms with E-state index in [1.807, 2.05) is 59.2 Å². The first-order valence-electron chi connectivity index (χ1n) is 12.8. The van der Waals surface area contributed by atoms with Crippen molar-refractivity contribution in [3.63, 3.8) is 0 Å². The average molecular weight is 530 g/mol. The SMILES string of the molecule is CCOC(=O)[C@@H]1C(=O)N(CCc2ccccc2)c2nc3ccccc3n2[C@@H]1c1ccc(OC)c(OC)c1OC. The molecule has 0 saturated heterocycles. The van der Waals surface area contributed by atoms with Crippen molar-refractivity contribution in [3.05, 3.63) is 77.9 Å². The van der Waals surface area contributed by atoms with Crippen LogP contribution in [-0.4, -0.2) is 55.9 Å². The summed E-state index contributed by atoms with van der Waals surface area (Å²) in [5.74, 6) is -0.521. The summed E-state index contributed by atoms with van der Waals surface area (Å²) >= 11 is 0. The number of rotatable bonds is 9. The molecular formula is C30H31N3O6. The van der Waals surface area contributed by atoms with E-state index in [0.717, 1.165) is 11.1 Å². The van der Waals surface area contributed by atoms with Gasteiger partial charge in [0.2, 0.25) is 17.6 Å². The van der Waals surface area contributed by atoms with E-state index >= 15 is 0 Å². The number of benzene rings is 3. The molecule has 3 aromatic carbocycles. The Morgan fingerprint density at radius 2 is 1.62 bits per heavy atom. The van der Waals surface area contributed by atoms with Gasteiger partial charge in [0.1, 0.15) is 0 Å². The third kappa shape index (κ3) is 4.54. The lowest BCUT2D eigenvalue weighted by Crippen LogP contribution is -2.50. The van der Waals surface area contributed by atoms with Crippen molar-refractivity contribution in [2.75, 3.05) is 39.4 Å². The van der Waals surface area contributed by atoms with Gasteiger partial charge in [-0.05, 0) is 43.2 Å². The quantitative estimate of drug-likeness (QED) is 0.234. The van der Waals surface area contributed by atoms with Crippen molar-refractivity contribution in [3.8, 4) is 17.2 Å². The van der Waals surface area contributed by atoms with Crippen LogP contribution in [0.2, 0.25) is 0 Å². The van der Waals surface area contributed by atoms with Crippen LogP contribution in [0.3, 0.4) is 0 Å². The van der Waals surface area contributed by atoms with Gasteiger partial charge in [0.05, 0.1) is 45.0 Å². The number of ether oxygens (including phenoxy) is 4. The van der Waals surface area contributed by atoms with Crippen LogP contribution in [0.5, 0.6) is 17.2 Å². The van der Waals surface area contributed by atoms with Gasteiger partial charge < -0.3 is 23.5 Å². The minimum Gasteiger partial charge on any atom is -0.493 e.